The van der Waals surface area contributed by atoms with Crippen molar-refractivity contribution >= 4 is 17.8 Å². The van der Waals surface area contributed by atoms with Crippen molar-refractivity contribution in [3.8, 4) is 0 Å². The summed E-state index contributed by atoms with van der Waals surface area (Å²) in [6.07, 6.45) is 1.71. The molecule has 112 valence electrons. The van der Waals surface area contributed by atoms with Gasteiger partial charge in [-0.05, 0) is 40.0 Å². The van der Waals surface area contributed by atoms with Crippen LogP contribution < -0.4 is 0 Å². The third-order valence-electron chi connectivity index (χ3n) is 3.57. The molecule has 0 aliphatic carbocycles. The van der Waals surface area contributed by atoms with Crippen LogP contribution >= 0.6 is 0 Å². The van der Waals surface area contributed by atoms with E-state index in [0.29, 0.717) is 25.8 Å². The highest BCUT2D eigenvalue weighted by Crippen LogP contribution is 2.31. The number of rotatable bonds is 2. The highest BCUT2D eigenvalue weighted by molar-refractivity contribution is 6.06. The maximum Gasteiger partial charge on any atom is 0.331 e. The van der Waals surface area contributed by atoms with E-state index in [2.05, 4.69) is 0 Å². The summed E-state index contributed by atoms with van der Waals surface area (Å²) in [5.74, 6) is -1.53. The van der Waals surface area contributed by atoms with Gasteiger partial charge in [0.25, 0.3) is 11.8 Å². The molecule has 2 aliphatic heterocycles. The molecule has 0 aromatic rings. The topological polar surface area (TPSA) is 66.9 Å². The monoisotopic (exact) mass is 282 g/mol. The standard InChI is InChI=1S/C14H22N2O4/c1-5-9-11(17)15-8-6-7-10(16(15)12(9)18)13(19)20-14(2,3)4/h9-10H,5-8H2,1-4H3. The first-order valence-corrected chi connectivity index (χ1v) is 7.13. The fraction of sp³-hybridized carbons (Fsp3) is 0.786. The molecule has 0 aromatic carbocycles. The second-order valence-corrected chi connectivity index (χ2v) is 6.30. The van der Waals surface area contributed by atoms with Crippen LogP contribution in [0.3, 0.4) is 0 Å². The van der Waals surface area contributed by atoms with Crippen molar-refractivity contribution in [1.29, 1.82) is 0 Å². The normalized spacial score (nSPS) is 26.8. The van der Waals surface area contributed by atoms with E-state index in [4.69, 9.17) is 4.74 Å². The number of fused-ring (bicyclic) bond motifs is 1. The molecule has 2 amide bonds. The van der Waals surface area contributed by atoms with E-state index in [0.717, 1.165) is 0 Å². The van der Waals surface area contributed by atoms with Crippen molar-refractivity contribution in [2.24, 2.45) is 5.92 Å². The van der Waals surface area contributed by atoms with E-state index in [1.54, 1.807) is 20.8 Å². The number of hydrogen-bond donors (Lipinski definition) is 0. The van der Waals surface area contributed by atoms with Crippen LogP contribution in [0.5, 0.6) is 0 Å². The Morgan fingerprint density at radius 2 is 1.95 bits per heavy atom. The van der Waals surface area contributed by atoms with Gasteiger partial charge < -0.3 is 4.74 Å². The largest absolute Gasteiger partial charge is 0.458 e. The van der Waals surface area contributed by atoms with Crippen LogP contribution in [0, 0.1) is 5.92 Å². The summed E-state index contributed by atoms with van der Waals surface area (Å²) in [7, 11) is 0. The second-order valence-electron chi connectivity index (χ2n) is 6.30. The molecule has 2 unspecified atom stereocenters. The lowest BCUT2D eigenvalue weighted by atomic mass is 10.1. The Bertz CT molecular complexity index is 441. The summed E-state index contributed by atoms with van der Waals surface area (Å²) in [4.78, 5) is 36.7. The van der Waals surface area contributed by atoms with Gasteiger partial charge in [-0.2, -0.15) is 0 Å². The SMILES string of the molecule is CCC1C(=O)N2CCCC(C(=O)OC(C)(C)C)N2C1=O. The first kappa shape index (κ1) is 14.8. The predicted molar refractivity (Wildman–Crippen MR) is 71.2 cm³/mol. The Morgan fingerprint density at radius 1 is 1.30 bits per heavy atom. The van der Waals surface area contributed by atoms with Crippen LogP contribution in [0.4, 0.5) is 0 Å². The Morgan fingerprint density at radius 3 is 2.50 bits per heavy atom. The van der Waals surface area contributed by atoms with E-state index in [-0.39, 0.29) is 11.8 Å². The van der Waals surface area contributed by atoms with E-state index >= 15 is 0 Å². The summed E-state index contributed by atoms with van der Waals surface area (Å²) < 4.78 is 5.37. The molecule has 0 bridgehead atoms. The molecular weight excluding hydrogens is 260 g/mol. The molecule has 0 aromatic heterocycles. The number of ether oxygens (including phenoxy) is 1. The zero-order valence-corrected chi connectivity index (χ0v) is 12.5. The number of hydrazine groups is 1. The highest BCUT2D eigenvalue weighted by Gasteiger charge is 2.51. The van der Waals surface area contributed by atoms with E-state index in [1.165, 1.54) is 10.0 Å². The molecule has 0 saturated carbocycles. The minimum atomic E-state index is -0.670. The van der Waals surface area contributed by atoms with Crippen molar-refractivity contribution in [2.45, 2.75) is 58.6 Å². The van der Waals surface area contributed by atoms with E-state index < -0.39 is 23.5 Å². The van der Waals surface area contributed by atoms with Crippen molar-refractivity contribution in [3.05, 3.63) is 0 Å². The quantitative estimate of drug-likeness (QED) is 0.562. The van der Waals surface area contributed by atoms with Gasteiger partial charge in [0.2, 0.25) is 0 Å². The number of carbonyl (C=O) groups is 3. The van der Waals surface area contributed by atoms with Gasteiger partial charge in [-0.3, -0.25) is 14.6 Å². The first-order chi connectivity index (χ1) is 9.26. The van der Waals surface area contributed by atoms with Gasteiger partial charge in [0.05, 0.1) is 0 Å². The molecule has 2 aliphatic rings. The van der Waals surface area contributed by atoms with Gasteiger partial charge >= 0.3 is 5.97 Å². The fourth-order valence-electron chi connectivity index (χ4n) is 2.70. The van der Waals surface area contributed by atoms with Gasteiger partial charge in [0.15, 0.2) is 6.04 Å². The maximum absolute atomic E-state index is 12.3. The number of amides is 2. The van der Waals surface area contributed by atoms with Crippen molar-refractivity contribution in [1.82, 2.24) is 10.0 Å². The predicted octanol–water partition coefficient (Wildman–Crippen LogP) is 1.10. The third-order valence-corrected chi connectivity index (χ3v) is 3.57. The van der Waals surface area contributed by atoms with Gasteiger partial charge in [-0.25, -0.2) is 9.80 Å². The Balaban J connectivity index is 2.21. The van der Waals surface area contributed by atoms with Gasteiger partial charge in [-0.15, -0.1) is 0 Å². The third kappa shape index (κ3) is 2.51. The molecule has 2 fully saturated rings. The van der Waals surface area contributed by atoms with Crippen LogP contribution in [-0.2, 0) is 19.1 Å². The molecule has 2 atom stereocenters. The Hall–Kier alpha value is -1.59. The zero-order valence-electron chi connectivity index (χ0n) is 12.5. The van der Waals surface area contributed by atoms with Crippen molar-refractivity contribution in [2.75, 3.05) is 6.54 Å². The lowest BCUT2D eigenvalue weighted by Gasteiger charge is -2.38. The second kappa shape index (κ2) is 5.07. The molecule has 6 heteroatoms. The van der Waals surface area contributed by atoms with E-state index in [9.17, 15) is 14.4 Å². The summed E-state index contributed by atoms with van der Waals surface area (Å²) in [5, 5.41) is 2.75. The summed E-state index contributed by atoms with van der Waals surface area (Å²) >= 11 is 0. The minimum Gasteiger partial charge on any atom is -0.458 e. The molecule has 0 radical (unpaired) electrons. The molecule has 0 spiro atoms. The number of hydrogen-bond acceptors (Lipinski definition) is 4. The first-order valence-electron chi connectivity index (χ1n) is 7.13. The number of esters is 1. The molecular formula is C14H22N2O4. The summed E-state index contributed by atoms with van der Waals surface area (Å²) in [6.45, 7) is 7.68. The van der Waals surface area contributed by atoms with Crippen LogP contribution in [-0.4, -0.2) is 46.0 Å². The van der Waals surface area contributed by atoms with Crippen LogP contribution in [0.15, 0.2) is 0 Å². The number of nitrogens with zero attached hydrogens (tertiary/aromatic N) is 2. The lowest BCUT2D eigenvalue weighted by molar-refractivity contribution is -0.179. The molecule has 0 N–H and O–H groups in total. The van der Waals surface area contributed by atoms with Crippen molar-refractivity contribution < 1.29 is 19.1 Å². The smallest absolute Gasteiger partial charge is 0.331 e. The fourth-order valence-corrected chi connectivity index (χ4v) is 2.70. The van der Waals surface area contributed by atoms with Crippen molar-refractivity contribution in [3.63, 3.8) is 0 Å². The maximum atomic E-state index is 12.3. The Kier molecular flexibility index (Phi) is 3.75. The van der Waals surface area contributed by atoms with Crippen LogP contribution in [0.1, 0.15) is 47.0 Å². The summed E-state index contributed by atoms with van der Waals surface area (Å²) in [6, 6.07) is -0.670. The summed E-state index contributed by atoms with van der Waals surface area (Å²) in [5.41, 5.74) is -0.601. The molecule has 20 heavy (non-hydrogen) atoms. The molecule has 2 saturated heterocycles. The average Bonchev–Trinajstić information content (AvgIpc) is 2.59. The van der Waals surface area contributed by atoms with Gasteiger partial charge in [0, 0.05) is 6.54 Å². The number of carbonyl (C=O) groups excluding carboxylic acids is 3. The molecule has 2 rings (SSSR count). The molecule has 2 heterocycles. The average molecular weight is 282 g/mol. The van der Waals surface area contributed by atoms with E-state index in [1.807, 2.05) is 6.92 Å². The van der Waals surface area contributed by atoms with Gasteiger partial charge in [0.1, 0.15) is 11.5 Å². The molecule has 6 nitrogen and oxygen atoms in total. The van der Waals surface area contributed by atoms with Crippen LogP contribution in [0.2, 0.25) is 0 Å². The highest BCUT2D eigenvalue weighted by atomic mass is 16.6. The lowest BCUT2D eigenvalue weighted by Crippen LogP contribution is -2.55. The Labute approximate surface area is 119 Å². The van der Waals surface area contributed by atoms with Gasteiger partial charge in [-0.1, -0.05) is 6.92 Å². The minimum absolute atomic E-state index is 0.189. The van der Waals surface area contributed by atoms with Crippen LogP contribution in [0.25, 0.3) is 0 Å². The zero-order chi connectivity index (χ0) is 15.1.